The summed E-state index contributed by atoms with van der Waals surface area (Å²) in [5, 5.41) is 11.7. The molecule has 0 radical (unpaired) electrons. The van der Waals surface area contributed by atoms with Crippen molar-refractivity contribution >= 4 is 8.07 Å². The third kappa shape index (κ3) is 3.80. The van der Waals surface area contributed by atoms with Crippen LogP contribution in [0.2, 0.25) is 16.6 Å². The van der Waals surface area contributed by atoms with E-state index in [0.29, 0.717) is 16.6 Å². The molecule has 0 aliphatic carbocycles. The predicted octanol–water partition coefficient (Wildman–Crippen LogP) is 6.14. The molecule has 2 aromatic rings. The van der Waals surface area contributed by atoms with Gasteiger partial charge in [0.05, 0.1) is 0 Å². The number of hydrogen-bond acceptors (Lipinski definition) is 1. The molecular weight excluding hydrogens is 332 g/mol. The summed E-state index contributed by atoms with van der Waals surface area (Å²) < 4.78 is 0. The van der Waals surface area contributed by atoms with Crippen molar-refractivity contribution in [2.75, 3.05) is 0 Å². The summed E-state index contributed by atoms with van der Waals surface area (Å²) in [7, 11) is -1.92. The molecule has 2 aromatic carbocycles. The SMILES string of the molecule is CC(C)[Si](C#CC(O)(c1ccccc1)c1ccccc1)(C(C)C)C(C)C. The van der Waals surface area contributed by atoms with Crippen LogP contribution in [-0.4, -0.2) is 13.2 Å². The summed E-state index contributed by atoms with van der Waals surface area (Å²) in [5.41, 5.74) is 5.69. The first kappa shape index (κ1) is 20.5. The largest absolute Gasteiger partial charge is 0.369 e. The minimum absolute atomic E-state index is 0.533. The second kappa shape index (κ2) is 8.25. The molecule has 0 saturated heterocycles. The van der Waals surface area contributed by atoms with E-state index in [9.17, 15) is 5.11 Å². The molecule has 2 heteroatoms. The molecule has 2 rings (SSSR count). The Morgan fingerprint density at radius 3 is 1.35 bits per heavy atom. The van der Waals surface area contributed by atoms with Crippen molar-refractivity contribution in [2.45, 2.75) is 63.8 Å². The Hall–Kier alpha value is -1.82. The van der Waals surface area contributed by atoms with Crippen molar-refractivity contribution in [3.8, 4) is 11.5 Å². The monoisotopic (exact) mass is 364 g/mol. The van der Waals surface area contributed by atoms with E-state index < -0.39 is 13.7 Å². The van der Waals surface area contributed by atoms with Crippen molar-refractivity contribution in [3.63, 3.8) is 0 Å². The maximum Gasteiger partial charge on any atom is 0.176 e. The molecule has 0 saturated carbocycles. The van der Waals surface area contributed by atoms with E-state index in [2.05, 4.69) is 53.0 Å². The van der Waals surface area contributed by atoms with Crippen LogP contribution < -0.4 is 0 Å². The Morgan fingerprint density at radius 1 is 0.692 bits per heavy atom. The fourth-order valence-corrected chi connectivity index (χ4v) is 9.56. The first-order valence-electron chi connectivity index (χ1n) is 9.63. The standard InChI is InChI=1S/C24H32OSi/c1-19(2)26(20(3)4,21(5)6)18-17-24(25,22-13-9-7-10-14-22)23-15-11-8-12-16-23/h7-16,19-21,25H,1-6H3. The quantitative estimate of drug-likeness (QED) is 0.499. The van der Waals surface area contributed by atoms with Crippen molar-refractivity contribution < 1.29 is 5.11 Å². The molecule has 138 valence electrons. The van der Waals surface area contributed by atoms with Gasteiger partial charge in [-0.25, -0.2) is 0 Å². The van der Waals surface area contributed by atoms with Gasteiger partial charge in [0.25, 0.3) is 0 Å². The highest BCUT2D eigenvalue weighted by atomic mass is 28.3. The summed E-state index contributed by atoms with van der Waals surface area (Å²) in [6.45, 7) is 13.8. The molecule has 0 aromatic heterocycles. The highest BCUT2D eigenvalue weighted by Crippen LogP contribution is 2.41. The first-order valence-corrected chi connectivity index (χ1v) is 11.9. The zero-order valence-corrected chi connectivity index (χ0v) is 18.0. The Balaban J connectivity index is 2.69. The Kier molecular flexibility index (Phi) is 6.50. The van der Waals surface area contributed by atoms with Gasteiger partial charge in [0.2, 0.25) is 0 Å². The van der Waals surface area contributed by atoms with Gasteiger partial charge in [0, 0.05) is 11.1 Å². The average Bonchev–Trinajstić information content (AvgIpc) is 2.62. The lowest BCUT2D eigenvalue weighted by molar-refractivity contribution is 0.145. The highest BCUT2D eigenvalue weighted by molar-refractivity contribution is 6.90. The fraction of sp³-hybridized carbons (Fsp3) is 0.417. The van der Waals surface area contributed by atoms with Crippen molar-refractivity contribution in [3.05, 3.63) is 71.8 Å². The van der Waals surface area contributed by atoms with Gasteiger partial charge >= 0.3 is 0 Å². The molecule has 0 spiro atoms. The van der Waals surface area contributed by atoms with E-state index in [1.807, 2.05) is 60.7 Å². The minimum Gasteiger partial charge on any atom is -0.369 e. The number of benzene rings is 2. The molecule has 0 atom stereocenters. The summed E-state index contributed by atoms with van der Waals surface area (Å²) >= 11 is 0. The van der Waals surface area contributed by atoms with Gasteiger partial charge in [-0.05, 0) is 16.6 Å². The van der Waals surface area contributed by atoms with Crippen molar-refractivity contribution in [1.29, 1.82) is 0 Å². The smallest absolute Gasteiger partial charge is 0.176 e. The van der Waals surface area contributed by atoms with Crippen LogP contribution in [-0.2, 0) is 5.60 Å². The van der Waals surface area contributed by atoms with E-state index in [4.69, 9.17) is 0 Å². The molecule has 0 unspecified atom stereocenters. The van der Waals surface area contributed by atoms with Gasteiger partial charge in [0.1, 0.15) is 8.07 Å². The third-order valence-electron chi connectivity index (χ3n) is 5.71. The maximum absolute atomic E-state index is 11.7. The minimum atomic E-state index is -1.92. The highest BCUT2D eigenvalue weighted by Gasteiger charge is 2.42. The van der Waals surface area contributed by atoms with Gasteiger partial charge in [-0.3, -0.25) is 0 Å². The molecule has 1 nitrogen and oxygen atoms in total. The molecule has 1 N–H and O–H groups in total. The van der Waals surface area contributed by atoms with E-state index in [1.54, 1.807) is 0 Å². The maximum atomic E-state index is 11.7. The number of hydrogen-bond donors (Lipinski definition) is 1. The van der Waals surface area contributed by atoms with Crippen LogP contribution in [0.1, 0.15) is 52.7 Å². The molecule has 0 amide bonds. The predicted molar refractivity (Wildman–Crippen MR) is 115 cm³/mol. The summed E-state index contributed by atoms with van der Waals surface area (Å²) in [6, 6.07) is 19.6. The van der Waals surface area contributed by atoms with Gasteiger partial charge in [-0.15, -0.1) is 5.54 Å². The second-order valence-corrected chi connectivity index (χ2v) is 13.7. The van der Waals surface area contributed by atoms with Gasteiger partial charge < -0.3 is 5.11 Å². The molecule has 0 fully saturated rings. The second-order valence-electron chi connectivity index (χ2n) is 8.09. The first-order chi connectivity index (χ1) is 12.2. The molecule has 0 aliphatic heterocycles. The van der Waals surface area contributed by atoms with Crippen LogP contribution in [0, 0.1) is 11.5 Å². The molecular formula is C24H32OSi. The van der Waals surface area contributed by atoms with Crippen LogP contribution in [0.4, 0.5) is 0 Å². The van der Waals surface area contributed by atoms with Gasteiger partial charge in [-0.1, -0.05) is 108 Å². The van der Waals surface area contributed by atoms with E-state index in [-0.39, 0.29) is 0 Å². The van der Waals surface area contributed by atoms with Crippen molar-refractivity contribution in [1.82, 2.24) is 0 Å². The lowest BCUT2D eigenvalue weighted by Crippen LogP contribution is -2.44. The number of rotatable bonds is 5. The fourth-order valence-electron chi connectivity index (χ4n) is 4.30. The lowest BCUT2D eigenvalue weighted by Gasteiger charge is -2.38. The Labute approximate surface area is 160 Å². The number of aliphatic hydroxyl groups is 1. The summed E-state index contributed by atoms with van der Waals surface area (Å²) in [4.78, 5) is 0. The van der Waals surface area contributed by atoms with E-state index >= 15 is 0 Å². The normalized spacial score (nSPS) is 12.4. The molecule has 0 bridgehead atoms. The van der Waals surface area contributed by atoms with Gasteiger partial charge in [-0.2, -0.15) is 0 Å². The van der Waals surface area contributed by atoms with Crippen LogP contribution in [0.25, 0.3) is 0 Å². The average molecular weight is 365 g/mol. The Bertz CT molecular complexity index is 690. The van der Waals surface area contributed by atoms with Gasteiger partial charge in [0.15, 0.2) is 5.60 Å². The summed E-state index contributed by atoms with van der Waals surface area (Å²) in [6.07, 6.45) is 0. The molecule has 26 heavy (non-hydrogen) atoms. The van der Waals surface area contributed by atoms with Crippen LogP contribution in [0.5, 0.6) is 0 Å². The third-order valence-corrected chi connectivity index (χ3v) is 12.0. The van der Waals surface area contributed by atoms with Crippen LogP contribution in [0.3, 0.4) is 0 Å². The summed E-state index contributed by atoms with van der Waals surface area (Å²) in [5.74, 6) is 3.38. The molecule has 0 aliphatic rings. The zero-order valence-electron chi connectivity index (χ0n) is 17.0. The van der Waals surface area contributed by atoms with Crippen molar-refractivity contribution in [2.24, 2.45) is 0 Å². The lowest BCUT2D eigenvalue weighted by atomic mass is 9.87. The van der Waals surface area contributed by atoms with E-state index in [1.165, 1.54) is 0 Å². The van der Waals surface area contributed by atoms with Crippen LogP contribution in [0.15, 0.2) is 60.7 Å². The Morgan fingerprint density at radius 2 is 1.04 bits per heavy atom. The topological polar surface area (TPSA) is 20.2 Å². The van der Waals surface area contributed by atoms with Crippen LogP contribution >= 0.6 is 0 Å². The van der Waals surface area contributed by atoms with E-state index in [0.717, 1.165) is 11.1 Å². The zero-order chi connectivity index (χ0) is 19.4. The molecule has 0 heterocycles.